The Morgan fingerprint density at radius 2 is 1.74 bits per heavy atom. The quantitative estimate of drug-likeness (QED) is 0.641. The highest BCUT2D eigenvalue weighted by atomic mass is 16.2. The minimum Gasteiger partial charge on any atom is -0.350 e. The Labute approximate surface area is 184 Å². The molecule has 166 valence electrons. The van der Waals surface area contributed by atoms with E-state index in [0.29, 0.717) is 11.5 Å². The maximum Gasteiger partial charge on any atom is 0.240 e. The van der Waals surface area contributed by atoms with Crippen molar-refractivity contribution >= 4 is 29.2 Å². The van der Waals surface area contributed by atoms with Gasteiger partial charge in [-0.05, 0) is 63.4 Å². The molecule has 0 fully saturated rings. The van der Waals surface area contributed by atoms with Crippen LogP contribution in [0, 0.1) is 13.8 Å². The first-order chi connectivity index (χ1) is 14.6. The van der Waals surface area contributed by atoms with Crippen molar-refractivity contribution in [3.8, 4) is 0 Å². The van der Waals surface area contributed by atoms with Crippen LogP contribution in [0.1, 0.15) is 51.2 Å². The highest BCUT2D eigenvalue weighted by Gasteiger charge is 2.25. The van der Waals surface area contributed by atoms with E-state index in [2.05, 4.69) is 15.6 Å². The minimum absolute atomic E-state index is 0.00115. The van der Waals surface area contributed by atoms with E-state index in [-0.39, 0.29) is 42.6 Å². The molecule has 0 aliphatic heterocycles. The smallest absolute Gasteiger partial charge is 0.240 e. The number of anilines is 2. The zero-order valence-electron chi connectivity index (χ0n) is 19.0. The highest BCUT2D eigenvalue weighted by Crippen LogP contribution is 2.24. The zero-order valence-corrected chi connectivity index (χ0v) is 19.0. The molecule has 2 rings (SSSR count). The van der Waals surface area contributed by atoms with Gasteiger partial charge in [-0.3, -0.25) is 14.4 Å². The molecule has 0 atom stereocenters. The average Bonchev–Trinajstić information content (AvgIpc) is 2.73. The standard InChI is InChI=1S/C24H32N4O3/c1-6-24(4,5)27-22(30)16-28(19-11-9-10-17(2)18(19)3)23(31)14-13-21(29)26-20-12-7-8-15-25-20/h7-12,15H,6,13-14,16H2,1-5H3,(H,27,30)(H,25,26,29). The summed E-state index contributed by atoms with van der Waals surface area (Å²) in [5.74, 6) is -0.384. The molecule has 1 aromatic carbocycles. The number of nitrogens with one attached hydrogen (secondary N) is 2. The second kappa shape index (κ2) is 10.7. The largest absolute Gasteiger partial charge is 0.350 e. The van der Waals surface area contributed by atoms with Crippen LogP contribution in [0.5, 0.6) is 0 Å². The van der Waals surface area contributed by atoms with Crippen molar-refractivity contribution in [2.75, 3.05) is 16.8 Å². The van der Waals surface area contributed by atoms with Gasteiger partial charge >= 0.3 is 0 Å². The molecule has 7 nitrogen and oxygen atoms in total. The summed E-state index contributed by atoms with van der Waals surface area (Å²) in [5, 5.41) is 5.65. The fourth-order valence-corrected chi connectivity index (χ4v) is 2.98. The molecule has 0 aliphatic rings. The molecule has 2 N–H and O–H groups in total. The van der Waals surface area contributed by atoms with Gasteiger partial charge in [-0.2, -0.15) is 0 Å². The average molecular weight is 425 g/mol. The van der Waals surface area contributed by atoms with E-state index in [1.807, 2.05) is 52.8 Å². The van der Waals surface area contributed by atoms with Gasteiger partial charge in [0.25, 0.3) is 0 Å². The Balaban J connectivity index is 2.13. The number of aromatic nitrogens is 1. The third-order valence-electron chi connectivity index (χ3n) is 5.33. The number of rotatable bonds is 9. The molecular formula is C24H32N4O3. The number of carbonyl (C=O) groups is 3. The van der Waals surface area contributed by atoms with E-state index in [1.165, 1.54) is 4.90 Å². The van der Waals surface area contributed by atoms with Gasteiger partial charge in [0.05, 0.1) is 0 Å². The second-order valence-corrected chi connectivity index (χ2v) is 8.25. The summed E-state index contributed by atoms with van der Waals surface area (Å²) in [6, 6.07) is 10.9. The lowest BCUT2D eigenvalue weighted by molar-refractivity contribution is -0.125. The fourth-order valence-electron chi connectivity index (χ4n) is 2.98. The molecule has 0 saturated heterocycles. The van der Waals surface area contributed by atoms with Crippen LogP contribution >= 0.6 is 0 Å². The first-order valence-corrected chi connectivity index (χ1v) is 10.5. The molecule has 0 saturated carbocycles. The van der Waals surface area contributed by atoms with Crippen LogP contribution in [-0.2, 0) is 14.4 Å². The maximum atomic E-state index is 13.1. The molecule has 1 heterocycles. The van der Waals surface area contributed by atoms with Crippen LogP contribution in [0.4, 0.5) is 11.5 Å². The molecular weight excluding hydrogens is 392 g/mol. The molecule has 3 amide bonds. The number of hydrogen-bond donors (Lipinski definition) is 2. The molecule has 2 aromatic rings. The SMILES string of the molecule is CCC(C)(C)NC(=O)CN(C(=O)CCC(=O)Nc1ccccn1)c1cccc(C)c1C. The molecule has 0 bridgehead atoms. The number of aryl methyl sites for hydroxylation is 1. The number of pyridine rings is 1. The number of nitrogens with zero attached hydrogens (tertiary/aromatic N) is 2. The van der Waals surface area contributed by atoms with Gasteiger partial charge in [0, 0.05) is 30.3 Å². The Hall–Kier alpha value is -3.22. The molecule has 0 unspecified atom stereocenters. The van der Waals surface area contributed by atoms with Crippen LogP contribution in [0.25, 0.3) is 0 Å². The van der Waals surface area contributed by atoms with Gasteiger partial charge in [-0.1, -0.05) is 25.1 Å². The van der Waals surface area contributed by atoms with Crippen LogP contribution in [0.3, 0.4) is 0 Å². The number of hydrogen-bond acceptors (Lipinski definition) is 4. The van der Waals surface area contributed by atoms with Crippen molar-refractivity contribution in [3.05, 3.63) is 53.7 Å². The monoisotopic (exact) mass is 424 g/mol. The van der Waals surface area contributed by atoms with Crippen molar-refractivity contribution in [1.82, 2.24) is 10.3 Å². The topological polar surface area (TPSA) is 91.4 Å². The molecule has 0 spiro atoms. The van der Waals surface area contributed by atoms with Gasteiger partial charge in [0.2, 0.25) is 17.7 Å². The van der Waals surface area contributed by atoms with E-state index < -0.39 is 0 Å². The fraction of sp³-hybridized carbons (Fsp3) is 0.417. The van der Waals surface area contributed by atoms with Crippen molar-refractivity contribution < 1.29 is 14.4 Å². The number of benzene rings is 1. The van der Waals surface area contributed by atoms with E-state index in [0.717, 1.165) is 17.5 Å². The van der Waals surface area contributed by atoms with E-state index in [1.54, 1.807) is 24.4 Å². The third-order valence-corrected chi connectivity index (χ3v) is 5.33. The van der Waals surface area contributed by atoms with Crippen molar-refractivity contribution in [1.29, 1.82) is 0 Å². The summed E-state index contributed by atoms with van der Waals surface area (Å²) in [4.78, 5) is 43.5. The van der Waals surface area contributed by atoms with Crippen LogP contribution < -0.4 is 15.5 Å². The Kier molecular flexibility index (Phi) is 8.30. The van der Waals surface area contributed by atoms with Crippen molar-refractivity contribution in [3.63, 3.8) is 0 Å². The molecule has 31 heavy (non-hydrogen) atoms. The number of amides is 3. The molecule has 1 aromatic heterocycles. The summed E-state index contributed by atoms with van der Waals surface area (Å²) in [6.07, 6.45) is 2.33. The lowest BCUT2D eigenvalue weighted by Crippen LogP contribution is -2.49. The Morgan fingerprint density at radius 1 is 1.00 bits per heavy atom. The summed E-state index contributed by atoms with van der Waals surface area (Å²) in [5.41, 5.74) is 2.27. The van der Waals surface area contributed by atoms with Crippen molar-refractivity contribution in [2.45, 2.75) is 59.4 Å². The summed E-state index contributed by atoms with van der Waals surface area (Å²) in [7, 11) is 0. The van der Waals surface area contributed by atoms with Gasteiger partial charge < -0.3 is 15.5 Å². The minimum atomic E-state index is -0.365. The van der Waals surface area contributed by atoms with Crippen LogP contribution in [-0.4, -0.2) is 34.8 Å². The van der Waals surface area contributed by atoms with Crippen LogP contribution in [0.2, 0.25) is 0 Å². The molecule has 0 aliphatic carbocycles. The van der Waals surface area contributed by atoms with E-state index in [9.17, 15) is 14.4 Å². The first-order valence-electron chi connectivity index (χ1n) is 10.5. The zero-order chi connectivity index (χ0) is 23.0. The lowest BCUT2D eigenvalue weighted by Gasteiger charge is -2.29. The van der Waals surface area contributed by atoms with Gasteiger partial charge in [0.1, 0.15) is 12.4 Å². The normalized spacial score (nSPS) is 11.0. The third kappa shape index (κ3) is 7.20. The van der Waals surface area contributed by atoms with E-state index >= 15 is 0 Å². The first kappa shape index (κ1) is 24.1. The molecule has 0 radical (unpaired) electrons. The van der Waals surface area contributed by atoms with Crippen LogP contribution in [0.15, 0.2) is 42.6 Å². The van der Waals surface area contributed by atoms with Gasteiger partial charge in [0.15, 0.2) is 0 Å². The second-order valence-electron chi connectivity index (χ2n) is 8.25. The molecule has 7 heteroatoms. The lowest BCUT2D eigenvalue weighted by atomic mass is 10.0. The highest BCUT2D eigenvalue weighted by molar-refractivity contribution is 6.01. The van der Waals surface area contributed by atoms with Gasteiger partial charge in [-0.15, -0.1) is 0 Å². The Bertz CT molecular complexity index is 926. The predicted octanol–water partition coefficient (Wildman–Crippen LogP) is 3.76. The summed E-state index contributed by atoms with van der Waals surface area (Å²) in [6.45, 7) is 9.66. The maximum absolute atomic E-state index is 13.1. The van der Waals surface area contributed by atoms with Gasteiger partial charge in [-0.25, -0.2) is 4.98 Å². The summed E-state index contributed by atoms with van der Waals surface area (Å²) < 4.78 is 0. The number of carbonyl (C=O) groups excluding carboxylic acids is 3. The Morgan fingerprint density at radius 3 is 2.39 bits per heavy atom. The van der Waals surface area contributed by atoms with Crippen molar-refractivity contribution in [2.24, 2.45) is 0 Å². The summed E-state index contributed by atoms with van der Waals surface area (Å²) >= 11 is 0. The van der Waals surface area contributed by atoms with E-state index in [4.69, 9.17) is 0 Å². The predicted molar refractivity (Wildman–Crippen MR) is 123 cm³/mol.